The Morgan fingerprint density at radius 3 is 2.43 bits per heavy atom. The highest BCUT2D eigenvalue weighted by molar-refractivity contribution is 7.98. The first-order valence-electron chi connectivity index (χ1n) is 10.1. The van der Waals surface area contributed by atoms with Crippen LogP contribution in [0.25, 0.3) is 0 Å². The van der Waals surface area contributed by atoms with E-state index >= 15 is 0 Å². The van der Waals surface area contributed by atoms with Crippen LogP contribution in [0.15, 0.2) is 38.6 Å². The molecule has 1 aromatic carbocycles. The van der Waals surface area contributed by atoms with E-state index in [0.29, 0.717) is 43.9 Å². The number of carbonyl (C=O) groups is 1. The van der Waals surface area contributed by atoms with Crippen molar-refractivity contribution in [3.8, 4) is 0 Å². The molecule has 1 aromatic heterocycles. The van der Waals surface area contributed by atoms with Gasteiger partial charge in [0.25, 0.3) is 0 Å². The predicted octanol–water partition coefficient (Wildman–Crippen LogP) is 3.37. The molecule has 9 heteroatoms. The Bertz CT molecular complexity index is 959. The highest BCUT2D eigenvalue weighted by Gasteiger charge is 2.36. The smallest absolute Gasteiger partial charge is 0.248 e. The number of sulfonamides is 1. The van der Waals surface area contributed by atoms with Gasteiger partial charge in [-0.25, -0.2) is 8.42 Å². The number of benzene rings is 1. The summed E-state index contributed by atoms with van der Waals surface area (Å²) in [6, 6.07) is 8.14. The van der Waals surface area contributed by atoms with Crippen LogP contribution in [0.3, 0.4) is 0 Å². The lowest BCUT2D eigenvalue weighted by molar-refractivity contribution is -0.126. The highest BCUT2D eigenvalue weighted by atomic mass is 32.2. The second kappa shape index (κ2) is 9.53. The molecule has 164 valence electrons. The number of hydrogen-bond donors (Lipinski definition) is 1. The van der Waals surface area contributed by atoms with Crippen LogP contribution in [0.1, 0.15) is 36.8 Å². The van der Waals surface area contributed by atoms with Gasteiger partial charge in [0.1, 0.15) is 10.6 Å². The summed E-state index contributed by atoms with van der Waals surface area (Å²) in [7, 11) is -3.63. The second-order valence-corrected chi connectivity index (χ2v) is 10.5. The van der Waals surface area contributed by atoms with Gasteiger partial charge in [0.15, 0.2) is 5.76 Å². The van der Waals surface area contributed by atoms with Gasteiger partial charge in [0, 0.05) is 30.4 Å². The molecule has 1 aliphatic heterocycles. The van der Waals surface area contributed by atoms with E-state index in [1.165, 1.54) is 9.20 Å². The number of piperidine rings is 1. The number of thioether (sulfide) groups is 1. The third kappa shape index (κ3) is 4.90. The van der Waals surface area contributed by atoms with Gasteiger partial charge in [-0.1, -0.05) is 24.2 Å². The molecule has 1 saturated heterocycles. The standard InChI is InChI=1S/C21H29N3O4S2/c1-14(21(25)22-13-17-5-7-19(29-4)8-6-17)18-9-11-24(12-10-18)30(26,27)20-15(2)23-28-16(20)3/h5-8,14,18H,9-13H2,1-4H3,(H,22,25). The van der Waals surface area contributed by atoms with Crippen molar-refractivity contribution in [2.45, 2.75) is 49.9 Å². The average Bonchev–Trinajstić information content (AvgIpc) is 3.10. The van der Waals surface area contributed by atoms with Crippen LogP contribution in [-0.2, 0) is 21.4 Å². The van der Waals surface area contributed by atoms with Crippen LogP contribution in [0.5, 0.6) is 0 Å². The lowest BCUT2D eigenvalue weighted by Gasteiger charge is -2.33. The maximum atomic E-state index is 13.0. The molecule has 1 aliphatic rings. The van der Waals surface area contributed by atoms with E-state index in [9.17, 15) is 13.2 Å². The van der Waals surface area contributed by atoms with Crippen LogP contribution in [-0.4, -0.2) is 43.1 Å². The van der Waals surface area contributed by atoms with Crippen LogP contribution < -0.4 is 5.32 Å². The predicted molar refractivity (Wildman–Crippen MR) is 117 cm³/mol. The number of rotatable bonds is 7. The Hall–Kier alpha value is -1.84. The molecule has 0 saturated carbocycles. The monoisotopic (exact) mass is 451 g/mol. The number of nitrogens with one attached hydrogen (secondary N) is 1. The van der Waals surface area contributed by atoms with E-state index < -0.39 is 10.0 Å². The third-order valence-electron chi connectivity index (χ3n) is 5.81. The minimum atomic E-state index is -3.63. The van der Waals surface area contributed by atoms with Gasteiger partial charge in [0.2, 0.25) is 15.9 Å². The molecule has 3 rings (SSSR count). The molecule has 2 heterocycles. The molecule has 0 bridgehead atoms. The summed E-state index contributed by atoms with van der Waals surface area (Å²) < 4.78 is 32.4. The molecular formula is C21H29N3O4S2. The summed E-state index contributed by atoms with van der Waals surface area (Å²) in [5, 5.41) is 6.78. The molecule has 0 aliphatic carbocycles. The van der Waals surface area contributed by atoms with Crippen LogP contribution >= 0.6 is 11.8 Å². The average molecular weight is 452 g/mol. The molecule has 1 amide bonds. The molecule has 1 atom stereocenters. The SMILES string of the molecule is CSc1ccc(CNC(=O)C(C)C2CCN(S(=O)(=O)c3c(C)noc3C)CC2)cc1. The lowest BCUT2D eigenvalue weighted by Crippen LogP contribution is -2.42. The zero-order valence-corrected chi connectivity index (χ0v) is 19.5. The second-order valence-electron chi connectivity index (χ2n) is 7.75. The van der Waals surface area contributed by atoms with Crippen molar-refractivity contribution in [1.82, 2.24) is 14.8 Å². The lowest BCUT2D eigenvalue weighted by atomic mass is 9.85. The van der Waals surface area contributed by atoms with E-state index in [4.69, 9.17) is 4.52 Å². The summed E-state index contributed by atoms with van der Waals surface area (Å²) >= 11 is 1.69. The van der Waals surface area contributed by atoms with E-state index in [1.54, 1.807) is 25.6 Å². The van der Waals surface area contributed by atoms with Gasteiger partial charge in [-0.15, -0.1) is 11.8 Å². The maximum Gasteiger partial charge on any atom is 0.248 e. The highest BCUT2D eigenvalue weighted by Crippen LogP contribution is 2.30. The number of amides is 1. The van der Waals surface area contributed by atoms with Gasteiger partial charge in [0.05, 0.1) is 0 Å². The van der Waals surface area contributed by atoms with E-state index in [0.717, 1.165) is 5.56 Å². The number of aromatic nitrogens is 1. The van der Waals surface area contributed by atoms with Crippen molar-refractivity contribution in [2.75, 3.05) is 19.3 Å². The summed E-state index contributed by atoms with van der Waals surface area (Å²) in [6.07, 6.45) is 3.34. The molecule has 2 aromatic rings. The first-order valence-corrected chi connectivity index (χ1v) is 12.7. The zero-order valence-electron chi connectivity index (χ0n) is 17.8. The fraction of sp³-hybridized carbons (Fsp3) is 0.524. The molecule has 0 radical (unpaired) electrons. The number of aryl methyl sites for hydroxylation is 2. The minimum Gasteiger partial charge on any atom is -0.360 e. The van der Waals surface area contributed by atoms with Crippen molar-refractivity contribution in [2.24, 2.45) is 11.8 Å². The number of nitrogens with zero attached hydrogens (tertiary/aromatic N) is 2. The van der Waals surface area contributed by atoms with Gasteiger partial charge in [-0.05, 0) is 56.6 Å². The molecular weight excluding hydrogens is 422 g/mol. The van der Waals surface area contributed by atoms with Crippen molar-refractivity contribution in [3.05, 3.63) is 41.3 Å². The van der Waals surface area contributed by atoms with Crippen molar-refractivity contribution < 1.29 is 17.7 Å². The van der Waals surface area contributed by atoms with Crippen LogP contribution in [0, 0.1) is 25.7 Å². The molecule has 7 nitrogen and oxygen atoms in total. The zero-order chi connectivity index (χ0) is 21.9. The van der Waals surface area contributed by atoms with Gasteiger partial charge >= 0.3 is 0 Å². The van der Waals surface area contributed by atoms with Crippen LogP contribution in [0.4, 0.5) is 0 Å². The first-order chi connectivity index (χ1) is 14.2. The van der Waals surface area contributed by atoms with Gasteiger partial charge in [-0.2, -0.15) is 4.31 Å². The molecule has 1 N–H and O–H groups in total. The van der Waals surface area contributed by atoms with Gasteiger partial charge in [-0.3, -0.25) is 4.79 Å². The maximum absolute atomic E-state index is 13.0. The Morgan fingerprint density at radius 2 is 1.90 bits per heavy atom. The molecule has 0 spiro atoms. The minimum absolute atomic E-state index is 0.0102. The molecule has 1 unspecified atom stereocenters. The molecule has 1 fully saturated rings. The van der Waals surface area contributed by atoms with Crippen molar-refractivity contribution in [1.29, 1.82) is 0 Å². The summed E-state index contributed by atoms with van der Waals surface area (Å²) in [5.41, 5.74) is 1.45. The summed E-state index contributed by atoms with van der Waals surface area (Å²) in [5.74, 6) is 0.309. The quantitative estimate of drug-likeness (QED) is 0.649. The fourth-order valence-electron chi connectivity index (χ4n) is 3.90. The summed E-state index contributed by atoms with van der Waals surface area (Å²) in [6.45, 7) is 6.46. The molecule has 30 heavy (non-hydrogen) atoms. The van der Waals surface area contributed by atoms with E-state index in [-0.39, 0.29) is 22.6 Å². The van der Waals surface area contributed by atoms with Crippen molar-refractivity contribution >= 4 is 27.7 Å². The fourth-order valence-corrected chi connectivity index (χ4v) is 6.06. The first kappa shape index (κ1) is 22.8. The topological polar surface area (TPSA) is 92.5 Å². The number of carbonyl (C=O) groups excluding carboxylic acids is 1. The Labute approximate surface area is 182 Å². The van der Waals surface area contributed by atoms with Gasteiger partial charge < -0.3 is 9.84 Å². The number of hydrogen-bond acceptors (Lipinski definition) is 6. The Morgan fingerprint density at radius 1 is 1.27 bits per heavy atom. The Balaban J connectivity index is 1.54. The van der Waals surface area contributed by atoms with E-state index in [2.05, 4.69) is 10.5 Å². The Kier molecular flexibility index (Phi) is 7.26. The third-order valence-corrected chi connectivity index (χ3v) is 8.70. The summed E-state index contributed by atoms with van der Waals surface area (Å²) in [4.78, 5) is 14.0. The van der Waals surface area contributed by atoms with Crippen molar-refractivity contribution in [3.63, 3.8) is 0 Å². The largest absolute Gasteiger partial charge is 0.360 e. The van der Waals surface area contributed by atoms with E-state index in [1.807, 2.05) is 37.4 Å². The normalized spacial score (nSPS) is 17.1. The van der Waals surface area contributed by atoms with Crippen LogP contribution in [0.2, 0.25) is 0 Å².